The Kier molecular flexibility index (Phi) is 4.88. The molecule has 1 aromatic carbocycles. The van der Waals surface area contributed by atoms with E-state index in [0.717, 1.165) is 19.3 Å². The van der Waals surface area contributed by atoms with Crippen molar-refractivity contribution in [1.29, 1.82) is 0 Å². The summed E-state index contributed by atoms with van der Waals surface area (Å²) >= 11 is 0. The normalized spacial score (nSPS) is 17.2. The standard InChI is InChI=1S/C16H17F3O3/c17-11-6-10(7-12(18)15(11)19)13(20)8-16(9-14(21)22)4-2-1-3-5-16/h6-7H,1-5,8-9H2,(H,21,22). The first kappa shape index (κ1) is 16.5. The predicted octanol–water partition coefficient (Wildman–Crippen LogP) is 4.10. The zero-order valence-corrected chi connectivity index (χ0v) is 12.0. The van der Waals surface area contributed by atoms with Crippen LogP contribution in [0.5, 0.6) is 0 Å². The summed E-state index contributed by atoms with van der Waals surface area (Å²) in [5.41, 5.74) is -0.936. The summed E-state index contributed by atoms with van der Waals surface area (Å²) in [4.78, 5) is 23.3. The molecule has 6 heteroatoms. The van der Waals surface area contributed by atoms with Gasteiger partial charge in [0.1, 0.15) is 0 Å². The number of carbonyl (C=O) groups is 2. The lowest BCUT2D eigenvalue weighted by Crippen LogP contribution is -2.30. The van der Waals surface area contributed by atoms with Crippen LogP contribution in [0.15, 0.2) is 12.1 Å². The largest absolute Gasteiger partial charge is 0.481 e. The van der Waals surface area contributed by atoms with Gasteiger partial charge in [-0.3, -0.25) is 9.59 Å². The maximum Gasteiger partial charge on any atom is 0.303 e. The van der Waals surface area contributed by atoms with E-state index in [1.54, 1.807) is 0 Å². The lowest BCUT2D eigenvalue weighted by Gasteiger charge is -2.35. The van der Waals surface area contributed by atoms with Crippen molar-refractivity contribution in [2.24, 2.45) is 5.41 Å². The average Bonchev–Trinajstić information content (AvgIpc) is 2.44. The summed E-state index contributed by atoms with van der Waals surface area (Å²) in [5.74, 6) is -6.00. The van der Waals surface area contributed by atoms with Crippen molar-refractivity contribution in [1.82, 2.24) is 0 Å². The smallest absolute Gasteiger partial charge is 0.303 e. The fourth-order valence-electron chi connectivity index (χ4n) is 3.20. The van der Waals surface area contributed by atoms with Gasteiger partial charge in [-0.25, -0.2) is 13.2 Å². The van der Waals surface area contributed by atoms with Crippen LogP contribution in [-0.4, -0.2) is 16.9 Å². The van der Waals surface area contributed by atoms with E-state index in [2.05, 4.69) is 0 Å². The van der Waals surface area contributed by atoms with Crippen molar-refractivity contribution in [2.45, 2.75) is 44.9 Å². The molecule has 0 heterocycles. The van der Waals surface area contributed by atoms with E-state index < -0.39 is 34.6 Å². The molecule has 0 saturated heterocycles. The van der Waals surface area contributed by atoms with Gasteiger partial charge in [-0.05, 0) is 30.4 Å². The number of carboxylic acid groups (broad SMARTS) is 1. The number of ketones is 1. The number of Topliss-reactive ketones (excluding diaryl/α,β-unsaturated/α-hetero) is 1. The number of halogens is 3. The van der Waals surface area contributed by atoms with Crippen molar-refractivity contribution in [3.63, 3.8) is 0 Å². The minimum Gasteiger partial charge on any atom is -0.481 e. The highest BCUT2D eigenvalue weighted by Crippen LogP contribution is 2.43. The van der Waals surface area contributed by atoms with Gasteiger partial charge in [-0.15, -0.1) is 0 Å². The van der Waals surface area contributed by atoms with Crippen LogP contribution in [-0.2, 0) is 4.79 Å². The molecule has 0 unspecified atom stereocenters. The molecular formula is C16H17F3O3. The third-order valence-corrected chi connectivity index (χ3v) is 4.28. The van der Waals surface area contributed by atoms with Gasteiger partial charge >= 0.3 is 5.97 Å². The van der Waals surface area contributed by atoms with Gasteiger partial charge in [0.15, 0.2) is 23.2 Å². The Bertz CT molecular complexity index is 569. The first-order valence-electron chi connectivity index (χ1n) is 7.22. The van der Waals surface area contributed by atoms with Crippen LogP contribution in [0.2, 0.25) is 0 Å². The third kappa shape index (κ3) is 3.67. The quantitative estimate of drug-likeness (QED) is 0.657. The SMILES string of the molecule is O=C(O)CC1(CC(=O)c2cc(F)c(F)c(F)c2)CCCCC1. The maximum atomic E-state index is 13.2. The van der Waals surface area contributed by atoms with Gasteiger partial charge in [-0.2, -0.15) is 0 Å². The molecule has 1 aliphatic rings. The Morgan fingerprint density at radius 2 is 1.55 bits per heavy atom. The second-order valence-electron chi connectivity index (χ2n) is 5.99. The molecule has 0 spiro atoms. The zero-order valence-electron chi connectivity index (χ0n) is 12.0. The summed E-state index contributed by atoms with van der Waals surface area (Å²) in [6.07, 6.45) is 3.58. The first-order chi connectivity index (χ1) is 10.3. The Hall–Kier alpha value is -1.85. The van der Waals surface area contributed by atoms with Crippen molar-refractivity contribution in [3.8, 4) is 0 Å². The van der Waals surface area contributed by atoms with Crippen molar-refractivity contribution in [3.05, 3.63) is 35.1 Å². The molecule has 1 aromatic rings. The molecule has 1 N–H and O–H groups in total. The molecule has 0 aromatic heterocycles. The van der Waals surface area contributed by atoms with E-state index in [-0.39, 0.29) is 18.4 Å². The molecular weight excluding hydrogens is 297 g/mol. The van der Waals surface area contributed by atoms with Crippen LogP contribution in [0.1, 0.15) is 55.3 Å². The molecule has 0 radical (unpaired) electrons. The molecule has 0 atom stereocenters. The molecule has 0 amide bonds. The van der Waals surface area contributed by atoms with E-state index in [9.17, 15) is 22.8 Å². The zero-order chi connectivity index (χ0) is 16.3. The van der Waals surface area contributed by atoms with Crippen molar-refractivity contribution in [2.75, 3.05) is 0 Å². The number of carboxylic acids is 1. The highest BCUT2D eigenvalue weighted by Gasteiger charge is 2.36. The number of hydrogen-bond acceptors (Lipinski definition) is 2. The summed E-state index contributed by atoms with van der Waals surface area (Å²) in [7, 11) is 0. The Morgan fingerprint density at radius 3 is 2.05 bits per heavy atom. The molecule has 3 nitrogen and oxygen atoms in total. The molecule has 22 heavy (non-hydrogen) atoms. The molecule has 0 aliphatic heterocycles. The van der Waals surface area contributed by atoms with Gasteiger partial charge in [0, 0.05) is 12.0 Å². The third-order valence-electron chi connectivity index (χ3n) is 4.28. The Balaban J connectivity index is 2.22. The second kappa shape index (κ2) is 6.50. The lowest BCUT2D eigenvalue weighted by molar-refractivity contribution is -0.140. The highest BCUT2D eigenvalue weighted by atomic mass is 19.2. The van der Waals surface area contributed by atoms with Crippen LogP contribution in [0.25, 0.3) is 0 Å². The topological polar surface area (TPSA) is 54.4 Å². The highest BCUT2D eigenvalue weighted by molar-refractivity contribution is 5.96. The van der Waals surface area contributed by atoms with Gasteiger partial charge in [0.2, 0.25) is 0 Å². The van der Waals surface area contributed by atoms with Crippen molar-refractivity contribution >= 4 is 11.8 Å². The first-order valence-corrected chi connectivity index (χ1v) is 7.22. The molecule has 2 rings (SSSR count). The minimum absolute atomic E-state index is 0.0934. The molecule has 1 saturated carbocycles. The molecule has 1 aliphatic carbocycles. The lowest BCUT2D eigenvalue weighted by atomic mass is 9.68. The van der Waals surface area contributed by atoms with Crippen LogP contribution < -0.4 is 0 Å². The fraction of sp³-hybridized carbons (Fsp3) is 0.500. The van der Waals surface area contributed by atoms with Gasteiger partial charge < -0.3 is 5.11 Å². The summed E-state index contributed by atoms with van der Waals surface area (Å²) in [6.45, 7) is 0. The van der Waals surface area contributed by atoms with E-state index in [1.807, 2.05) is 0 Å². The number of aliphatic carboxylic acids is 1. The number of carbonyl (C=O) groups excluding carboxylic acids is 1. The number of rotatable bonds is 5. The van der Waals surface area contributed by atoms with Crippen LogP contribution in [0.3, 0.4) is 0 Å². The predicted molar refractivity (Wildman–Crippen MR) is 73.0 cm³/mol. The monoisotopic (exact) mass is 314 g/mol. The van der Waals surface area contributed by atoms with E-state index >= 15 is 0 Å². The molecule has 1 fully saturated rings. The van der Waals surface area contributed by atoms with Gasteiger partial charge in [0.05, 0.1) is 6.42 Å². The summed E-state index contributed by atoms with van der Waals surface area (Å²) < 4.78 is 39.4. The molecule has 120 valence electrons. The number of benzene rings is 1. The summed E-state index contributed by atoms with van der Waals surface area (Å²) in [5, 5.41) is 9.06. The van der Waals surface area contributed by atoms with Crippen LogP contribution in [0.4, 0.5) is 13.2 Å². The number of hydrogen-bond donors (Lipinski definition) is 1. The Morgan fingerprint density at radius 1 is 1.00 bits per heavy atom. The van der Waals surface area contributed by atoms with Crippen LogP contribution in [0, 0.1) is 22.9 Å². The van der Waals surface area contributed by atoms with Gasteiger partial charge in [-0.1, -0.05) is 19.3 Å². The summed E-state index contributed by atoms with van der Waals surface area (Å²) in [6, 6.07) is 1.33. The van der Waals surface area contributed by atoms with E-state index in [0.29, 0.717) is 25.0 Å². The van der Waals surface area contributed by atoms with Crippen molar-refractivity contribution < 1.29 is 27.9 Å². The fourth-order valence-corrected chi connectivity index (χ4v) is 3.20. The van der Waals surface area contributed by atoms with Gasteiger partial charge in [0.25, 0.3) is 0 Å². The average molecular weight is 314 g/mol. The maximum absolute atomic E-state index is 13.2. The second-order valence-corrected chi connectivity index (χ2v) is 5.99. The van der Waals surface area contributed by atoms with E-state index in [4.69, 9.17) is 5.11 Å². The Labute approximate surface area is 126 Å². The van der Waals surface area contributed by atoms with Crippen LogP contribution >= 0.6 is 0 Å². The van der Waals surface area contributed by atoms with E-state index in [1.165, 1.54) is 0 Å². The minimum atomic E-state index is -1.62. The molecule has 0 bridgehead atoms.